The Balaban J connectivity index is 1.88. The molecule has 0 amide bonds. The summed E-state index contributed by atoms with van der Waals surface area (Å²) in [6, 6.07) is 1.44. The van der Waals surface area contributed by atoms with Gasteiger partial charge in [-0.05, 0) is 32.1 Å². The van der Waals surface area contributed by atoms with Crippen molar-refractivity contribution in [2.24, 2.45) is 0 Å². The molecule has 1 aliphatic heterocycles. The summed E-state index contributed by atoms with van der Waals surface area (Å²) in [6.45, 7) is 0.776. The van der Waals surface area contributed by atoms with Crippen molar-refractivity contribution in [1.82, 2.24) is 9.97 Å². The molecule has 1 aromatic heterocycles. The van der Waals surface area contributed by atoms with Gasteiger partial charge in [0, 0.05) is 24.6 Å². The predicted molar refractivity (Wildman–Crippen MR) is 74.1 cm³/mol. The van der Waals surface area contributed by atoms with E-state index in [1.54, 1.807) is 0 Å². The van der Waals surface area contributed by atoms with E-state index in [2.05, 4.69) is 9.97 Å². The molecule has 0 spiro atoms. The monoisotopic (exact) mass is 277 g/mol. The molecule has 0 aromatic carbocycles. The molecule has 2 aliphatic rings. The lowest BCUT2D eigenvalue weighted by atomic mass is 9.99. The lowest BCUT2D eigenvalue weighted by Crippen LogP contribution is -2.42. The number of aliphatic carboxylic acids is 1. The fourth-order valence-corrected chi connectivity index (χ4v) is 2.88. The van der Waals surface area contributed by atoms with Crippen LogP contribution in [0, 0.1) is 0 Å². The van der Waals surface area contributed by atoms with Gasteiger partial charge >= 0.3 is 5.97 Å². The average Bonchev–Trinajstić information content (AvgIpc) is 3.22. The molecule has 1 aliphatic carbocycles. The van der Waals surface area contributed by atoms with Gasteiger partial charge in [-0.1, -0.05) is 0 Å². The number of aromatic amines is 1. The first-order valence-corrected chi connectivity index (χ1v) is 7.23. The maximum atomic E-state index is 11.8. The molecule has 0 bridgehead atoms. The van der Waals surface area contributed by atoms with Crippen molar-refractivity contribution in [3.8, 4) is 0 Å². The first kappa shape index (κ1) is 13.1. The second kappa shape index (κ2) is 5.26. The highest BCUT2D eigenvalue weighted by atomic mass is 16.4. The first-order chi connectivity index (χ1) is 9.63. The second-order valence-corrected chi connectivity index (χ2v) is 5.70. The third-order valence-corrected chi connectivity index (χ3v) is 4.04. The molecule has 1 saturated carbocycles. The van der Waals surface area contributed by atoms with E-state index in [0.29, 0.717) is 11.7 Å². The van der Waals surface area contributed by atoms with Gasteiger partial charge in [-0.3, -0.25) is 9.59 Å². The van der Waals surface area contributed by atoms with Gasteiger partial charge in [-0.25, -0.2) is 4.98 Å². The van der Waals surface area contributed by atoms with Crippen LogP contribution in [0.15, 0.2) is 10.9 Å². The summed E-state index contributed by atoms with van der Waals surface area (Å²) in [6.07, 6.45) is 5.15. The highest BCUT2D eigenvalue weighted by molar-refractivity contribution is 5.68. The standard InChI is InChI=1S/C14H19N3O3/c18-12-8-11(15-14(16-12)9-4-5-9)17-6-2-1-3-10(17)7-13(19)20/h8-10H,1-7H2,(H,19,20)(H,15,16,18). The average molecular weight is 277 g/mol. The first-order valence-electron chi connectivity index (χ1n) is 7.23. The van der Waals surface area contributed by atoms with Gasteiger partial charge in [0.1, 0.15) is 11.6 Å². The zero-order chi connectivity index (χ0) is 14.1. The van der Waals surface area contributed by atoms with Crippen molar-refractivity contribution in [2.75, 3.05) is 11.4 Å². The van der Waals surface area contributed by atoms with E-state index in [1.165, 1.54) is 6.07 Å². The number of rotatable bonds is 4. The molecule has 0 radical (unpaired) electrons. The number of piperidine rings is 1. The molecule has 6 nitrogen and oxygen atoms in total. The number of hydrogen-bond donors (Lipinski definition) is 2. The number of H-pyrrole nitrogens is 1. The Morgan fingerprint density at radius 2 is 2.20 bits per heavy atom. The largest absolute Gasteiger partial charge is 0.481 e. The zero-order valence-electron chi connectivity index (χ0n) is 11.3. The van der Waals surface area contributed by atoms with Crippen molar-refractivity contribution in [3.63, 3.8) is 0 Å². The van der Waals surface area contributed by atoms with Crippen molar-refractivity contribution in [2.45, 2.75) is 50.5 Å². The van der Waals surface area contributed by atoms with Crippen LogP contribution >= 0.6 is 0 Å². The van der Waals surface area contributed by atoms with E-state index in [0.717, 1.165) is 44.5 Å². The molecular formula is C14H19N3O3. The smallest absolute Gasteiger partial charge is 0.305 e. The molecule has 2 N–H and O–H groups in total. The van der Waals surface area contributed by atoms with Gasteiger partial charge in [0.15, 0.2) is 0 Å². The van der Waals surface area contributed by atoms with E-state index in [4.69, 9.17) is 5.11 Å². The van der Waals surface area contributed by atoms with E-state index >= 15 is 0 Å². The molecule has 6 heteroatoms. The molecule has 1 saturated heterocycles. The number of aromatic nitrogens is 2. The summed E-state index contributed by atoms with van der Waals surface area (Å²) in [5, 5.41) is 9.02. The van der Waals surface area contributed by atoms with Crippen molar-refractivity contribution in [3.05, 3.63) is 22.2 Å². The van der Waals surface area contributed by atoms with Gasteiger partial charge in [0.05, 0.1) is 6.42 Å². The molecule has 1 unspecified atom stereocenters. The SMILES string of the molecule is O=C(O)CC1CCCCN1c1cc(=O)[nH]c(C2CC2)n1. The summed E-state index contributed by atoms with van der Waals surface area (Å²) < 4.78 is 0. The van der Waals surface area contributed by atoms with Crippen LogP contribution in [0.25, 0.3) is 0 Å². The molecule has 1 aromatic rings. The topological polar surface area (TPSA) is 86.3 Å². The number of carboxylic acids is 1. The zero-order valence-corrected chi connectivity index (χ0v) is 11.3. The van der Waals surface area contributed by atoms with Gasteiger partial charge in [0.25, 0.3) is 5.56 Å². The molecule has 1 atom stereocenters. The second-order valence-electron chi connectivity index (χ2n) is 5.70. The van der Waals surface area contributed by atoms with E-state index in [-0.39, 0.29) is 18.0 Å². The van der Waals surface area contributed by atoms with Crippen LogP contribution in [0.3, 0.4) is 0 Å². The minimum Gasteiger partial charge on any atom is -0.481 e. The van der Waals surface area contributed by atoms with Crippen LogP contribution in [-0.2, 0) is 4.79 Å². The fourth-order valence-electron chi connectivity index (χ4n) is 2.88. The van der Waals surface area contributed by atoms with Crippen LogP contribution in [0.1, 0.15) is 50.3 Å². The summed E-state index contributed by atoms with van der Waals surface area (Å²) in [5.74, 6) is 0.980. The third kappa shape index (κ3) is 2.84. The number of nitrogens with zero attached hydrogens (tertiary/aromatic N) is 2. The third-order valence-electron chi connectivity index (χ3n) is 4.04. The number of anilines is 1. The Hall–Kier alpha value is -1.85. The van der Waals surface area contributed by atoms with Crippen molar-refractivity contribution < 1.29 is 9.90 Å². The Labute approximate surface area is 116 Å². The van der Waals surface area contributed by atoms with Crippen LogP contribution in [0.5, 0.6) is 0 Å². The van der Waals surface area contributed by atoms with E-state index in [9.17, 15) is 9.59 Å². The molecule has 2 fully saturated rings. The van der Waals surface area contributed by atoms with E-state index in [1.807, 2.05) is 4.90 Å². The van der Waals surface area contributed by atoms with Crippen LogP contribution in [-0.4, -0.2) is 33.6 Å². The number of carbonyl (C=O) groups is 1. The summed E-state index contributed by atoms with van der Waals surface area (Å²) in [7, 11) is 0. The highest BCUT2D eigenvalue weighted by Gasteiger charge is 2.29. The molecule has 108 valence electrons. The van der Waals surface area contributed by atoms with Gasteiger partial charge in [-0.2, -0.15) is 0 Å². The van der Waals surface area contributed by atoms with Crippen molar-refractivity contribution in [1.29, 1.82) is 0 Å². The number of nitrogens with one attached hydrogen (secondary N) is 1. The molecular weight excluding hydrogens is 258 g/mol. The van der Waals surface area contributed by atoms with Crippen LogP contribution in [0.4, 0.5) is 5.82 Å². The Morgan fingerprint density at radius 1 is 1.40 bits per heavy atom. The minimum absolute atomic E-state index is 0.0531. The Morgan fingerprint density at radius 3 is 2.90 bits per heavy atom. The highest BCUT2D eigenvalue weighted by Crippen LogP contribution is 2.38. The minimum atomic E-state index is -0.797. The lowest BCUT2D eigenvalue weighted by Gasteiger charge is -2.35. The maximum absolute atomic E-state index is 11.8. The van der Waals surface area contributed by atoms with Gasteiger partial charge in [0.2, 0.25) is 0 Å². The van der Waals surface area contributed by atoms with Gasteiger partial charge in [-0.15, -0.1) is 0 Å². The molecule has 20 heavy (non-hydrogen) atoms. The van der Waals surface area contributed by atoms with Crippen LogP contribution < -0.4 is 10.5 Å². The Kier molecular flexibility index (Phi) is 3.46. The summed E-state index contributed by atoms with van der Waals surface area (Å²) in [5.41, 5.74) is -0.142. The molecule has 2 heterocycles. The maximum Gasteiger partial charge on any atom is 0.305 e. The van der Waals surface area contributed by atoms with E-state index < -0.39 is 5.97 Å². The predicted octanol–water partition coefficient (Wildman–Crippen LogP) is 1.48. The number of hydrogen-bond acceptors (Lipinski definition) is 4. The molecule has 3 rings (SSSR count). The summed E-state index contributed by atoms with van der Waals surface area (Å²) >= 11 is 0. The van der Waals surface area contributed by atoms with Crippen LogP contribution in [0.2, 0.25) is 0 Å². The van der Waals surface area contributed by atoms with Gasteiger partial charge < -0.3 is 15.0 Å². The van der Waals surface area contributed by atoms with Crippen molar-refractivity contribution >= 4 is 11.8 Å². The fraction of sp³-hybridized carbons (Fsp3) is 0.643. The normalized spacial score (nSPS) is 22.8. The Bertz CT molecular complexity index is 565. The lowest BCUT2D eigenvalue weighted by molar-refractivity contribution is -0.137. The number of carboxylic acid groups (broad SMARTS) is 1. The summed E-state index contributed by atoms with van der Waals surface area (Å²) in [4.78, 5) is 32.1. The quantitative estimate of drug-likeness (QED) is 0.870.